The predicted molar refractivity (Wildman–Crippen MR) is 76.1 cm³/mol. The molecule has 1 atom stereocenters. The lowest BCUT2D eigenvalue weighted by molar-refractivity contribution is 0.190. The summed E-state index contributed by atoms with van der Waals surface area (Å²) < 4.78 is 6.25. The minimum atomic E-state index is 0.575. The molecule has 1 aromatic rings. The summed E-state index contributed by atoms with van der Waals surface area (Å²) in [6.45, 7) is 1.61. The SMILES string of the molecule is COCCCCC(CN)Cc1ccccc1Br. The second-order valence-corrected chi connectivity index (χ2v) is 5.24. The van der Waals surface area contributed by atoms with Crippen molar-refractivity contribution in [3.05, 3.63) is 34.3 Å². The van der Waals surface area contributed by atoms with Crippen molar-refractivity contribution in [2.75, 3.05) is 20.3 Å². The third kappa shape index (κ3) is 5.66. The van der Waals surface area contributed by atoms with E-state index in [2.05, 4.69) is 34.1 Å². The Morgan fingerprint density at radius 1 is 1.29 bits per heavy atom. The molecule has 1 rings (SSSR count). The van der Waals surface area contributed by atoms with E-state index in [1.807, 2.05) is 6.07 Å². The summed E-state index contributed by atoms with van der Waals surface area (Å²) in [5.74, 6) is 0.575. The van der Waals surface area contributed by atoms with Gasteiger partial charge in [0.1, 0.15) is 0 Å². The van der Waals surface area contributed by atoms with Crippen LogP contribution in [0.5, 0.6) is 0 Å². The van der Waals surface area contributed by atoms with Crippen LogP contribution >= 0.6 is 15.9 Å². The maximum atomic E-state index is 5.84. The molecule has 17 heavy (non-hydrogen) atoms. The largest absolute Gasteiger partial charge is 0.385 e. The normalized spacial score (nSPS) is 12.6. The molecule has 0 aromatic heterocycles. The van der Waals surface area contributed by atoms with Crippen molar-refractivity contribution in [3.63, 3.8) is 0 Å². The lowest BCUT2D eigenvalue weighted by Gasteiger charge is -2.15. The molecule has 2 nitrogen and oxygen atoms in total. The summed E-state index contributed by atoms with van der Waals surface area (Å²) in [6, 6.07) is 8.39. The Labute approximate surface area is 113 Å². The van der Waals surface area contributed by atoms with Crippen molar-refractivity contribution in [3.8, 4) is 0 Å². The zero-order chi connectivity index (χ0) is 12.5. The van der Waals surface area contributed by atoms with Gasteiger partial charge in [0.15, 0.2) is 0 Å². The van der Waals surface area contributed by atoms with Crippen LogP contribution in [0.2, 0.25) is 0 Å². The topological polar surface area (TPSA) is 35.2 Å². The summed E-state index contributed by atoms with van der Waals surface area (Å²) in [7, 11) is 1.75. The average Bonchev–Trinajstić information content (AvgIpc) is 2.35. The van der Waals surface area contributed by atoms with E-state index in [0.717, 1.165) is 26.0 Å². The number of unbranched alkanes of at least 4 members (excludes halogenated alkanes) is 1. The van der Waals surface area contributed by atoms with Crippen LogP contribution in [0.3, 0.4) is 0 Å². The van der Waals surface area contributed by atoms with Crippen molar-refractivity contribution < 1.29 is 4.74 Å². The lowest BCUT2D eigenvalue weighted by atomic mass is 9.94. The Morgan fingerprint density at radius 3 is 2.71 bits per heavy atom. The van der Waals surface area contributed by atoms with Crippen LogP contribution in [-0.4, -0.2) is 20.3 Å². The molecule has 3 heteroatoms. The first-order chi connectivity index (χ1) is 8.27. The predicted octanol–water partition coefficient (Wildman–Crippen LogP) is 3.38. The van der Waals surface area contributed by atoms with Crippen molar-refractivity contribution in [1.29, 1.82) is 0 Å². The first-order valence-electron chi connectivity index (χ1n) is 6.20. The van der Waals surface area contributed by atoms with E-state index in [-0.39, 0.29) is 0 Å². The van der Waals surface area contributed by atoms with Crippen molar-refractivity contribution >= 4 is 15.9 Å². The van der Waals surface area contributed by atoms with E-state index < -0.39 is 0 Å². The molecule has 0 amide bonds. The molecule has 0 aliphatic rings. The maximum absolute atomic E-state index is 5.84. The Balaban J connectivity index is 2.38. The standard InChI is InChI=1S/C14H22BrNO/c1-17-9-5-4-6-12(11-16)10-13-7-2-3-8-14(13)15/h2-3,7-8,12H,4-6,9-11,16H2,1H3. The molecule has 0 aliphatic heterocycles. The highest BCUT2D eigenvalue weighted by molar-refractivity contribution is 9.10. The molecule has 0 aliphatic carbocycles. The highest BCUT2D eigenvalue weighted by Crippen LogP contribution is 2.21. The number of halogens is 1. The molecule has 1 aromatic carbocycles. The molecule has 2 N–H and O–H groups in total. The van der Waals surface area contributed by atoms with Crippen LogP contribution < -0.4 is 5.73 Å². The zero-order valence-corrected chi connectivity index (χ0v) is 12.1. The van der Waals surface area contributed by atoms with Gasteiger partial charge in [-0.15, -0.1) is 0 Å². The van der Waals surface area contributed by atoms with Gasteiger partial charge in [0.2, 0.25) is 0 Å². The third-order valence-corrected chi connectivity index (χ3v) is 3.78. The van der Waals surface area contributed by atoms with Gasteiger partial charge in [-0.1, -0.05) is 40.5 Å². The molecule has 0 bridgehead atoms. The summed E-state index contributed by atoms with van der Waals surface area (Å²) in [4.78, 5) is 0. The fraction of sp³-hybridized carbons (Fsp3) is 0.571. The van der Waals surface area contributed by atoms with E-state index in [4.69, 9.17) is 10.5 Å². The average molecular weight is 300 g/mol. The van der Waals surface area contributed by atoms with Gasteiger partial charge in [-0.25, -0.2) is 0 Å². The third-order valence-electron chi connectivity index (χ3n) is 3.01. The second kappa shape index (κ2) is 8.67. The highest BCUT2D eigenvalue weighted by atomic mass is 79.9. The number of benzene rings is 1. The molecule has 0 fully saturated rings. The van der Waals surface area contributed by atoms with Crippen LogP contribution in [0.25, 0.3) is 0 Å². The van der Waals surface area contributed by atoms with Crippen LogP contribution in [0.15, 0.2) is 28.7 Å². The first-order valence-corrected chi connectivity index (χ1v) is 6.99. The molecule has 0 saturated carbocycles. The minimum Gasteiger partial charge on any atom is -0.385 e. The Morgan fingerprint density at radius 2 is 2.06 bits per heavy atom. The summed E-state index contributed by atoms with van der Waals surface area (Å²) in [5.41, 5.74) is 7.20. The van der Waals surface area contributed by atoms with E-state index in [1.165, 1.54) is 22.9 Å². The number of methoxy groups -OCH3 is 1. The quantitative estimate of drug-likeness (QED) is 0.747. The van der Waals surface area contributed by atoms with Gasteiger partial charge in [0.25, 0.3) is 0 Å². The number of nitrogens with two attached hydrogens (primary N) is 1. The van der Waals surface area contributed by atoms with Crippen LogP contribution in [-0.2, 0) is 11.2 Å². The van der Waals surface area contributed by atoms with Crippen molar-refractivity contribution in [1.82, 2.24) is 0 Å². The van der Waals surface area contributed by atoms with Crippen LogP contribution in [0.1, 0.15) is 24.8 Å². The molecule has 0 saturated heterocycles. The van der Waals surface area contributed by atoms with E-state index in [9.17, 15) is 0 Å². The van der Waals surface area contributed by atoms with E-state index in [1.54, 1.807) is 7.11 Å². The molecule has 1 unspecified atom stereocenters. The lowest BCUT2D eigenvalue weighted by Crippen LogP contribution is -2.17. The fourth-order valence-electron chi connectivity index (χ4n) is 1.96. The smallest absolute Gasteiger partial charge is 0.0462 e. The molecular formula is C14H22BrNO. The van der Waals surface area contributed by atoms with Crippen LogP contribution in [0.4, 0.5) is 0 Å². The fourth-order valence-corrected chi connectivity index (χ4v) is 2.40. The van der Waals surface area contributed by atoms with Gasteiger partial charge < -0.3 is 10.5 Å². The molecule has 0 radical (unpaired) electrons. The molecule has 96 valence electrons. The first kappa shape index (κ1) is 14.7. The second-order valence-electron chi connectivity index (χ2n) is 4.39. The van der Waals surface area contributed by atoms with Gasteiger partial charge in [-0.2, -0.15) is 0 Å². The van der Waals surface area contributed by atoms with Crippen molar-refractivity contribution in [2.45, 2.75) is 25.7 Å². The number of rotatable bonds is 8. The zero-order valence-electron chi connectivity index (χ0n) is 10.5. The van der Waals surface area contributed by atoms with Gasteiger partial charge in [-0.05, 0) is 43.4 Å². The minimum absolute atomic E-state index is 0.575. The summed E-state index contributed by atoms with van der Waals surface area (Å²) >= 11 is 3.59. The van der Waals surface area contributed by atoms with Gasteiger partial charge in [0.05, 0.1) is 0 Å². The Hall–Kier alpha value is -0.380. The molecular weight excluding hydrogens is 278 g/mol. The molecule has 0 spiro atoms. The Kier molecular flexibility index (Phi) is 7.49. The Bertz CT molecular complexity index is 317. The van der Waals surface area contributed by atoms with Crippen molar-refractivity contribution in [2.24, 2.45) is 11.7 Å². The number of ether oxygens (including phenoxy) is 1. The molecule has 0 heterocycles. The van der Waals surface area contributed by atoms with Gasteiger partial charge in [-0.3, -0.25) is 0 Å². The number of hydrogen-bond donors (Lipinski definition) is 1. The maximum Gasteiger partial charge on any atom is 0.0462 e. The summed E-state index contributed by atoms with van der Waals surface area (Å²) in [5, 5.41) is 0. The van der Waals surface area contributed by atoms with Gasteiger partial charge in [0, 0.05) is 18.2 Å². The van der Waals surface area contributed by atoms with Gasteiger partial charge >= 0.3 is 0 Å². The number of hydrogen-bond acceptors (Lipinski definition) is 2. The van der Waals surface area contributed by atoms with Crippen LogP contribution in [0, 0.1) is 5.92 Å². The van der Waals surface area contributed by atoms with E-state index in [0.29, 0.717) is 5.92 Å². The highest BCUT2D eigenvalue weighted by Gasteiger charge is 2.09. The summed E-state index contributed by atoms with van der Waals surface area (Å²) in [6.07, 6.45) is 4.56. The van der Waals surface area contributed by atoms with E-state index >= 15 is 0 Å². The monoisotopic (exact) mass is 299 g/mol.